The van der Waals surface area contributed by atoms with E-state index >= 15 is 0 Å². The van der Waals surface area contributed by atoms with Gasteiger partial charge in [0.15, 0.2) is 0 Å². The number of allylic oxidation sites excluding steroid dienone is 3. The number of ether oxygens (including phenoxy) is 1. The second kappa shape index (κ2) is 7.20. The average molecular weight is 372 g/mol. The van der Waals surface area contributed by atoms with Crippen molar-refractivity contribution in [2.75, 3.05) is 18.0 Å². The Hall–Kier alpha value is -2.59. The Bertz CT molecular complexity index is 834. The summed E-state index contributed by atoms with van der Waals surface area (Å²) in [5.74, 6) is 1.51. The zero-order valence-electron chi connectivity index (χ0n) is 16.2. The van der Waals surface area contributed by atoms with Crippen LogP contribution in [0.1, 0.15) is 46.1 Å². The molecule has 1 atom stereocenters. The molecule has 1 amide bonds. The van der Waals surface area contributed by atoms with Crippen LogP contribution in [0, 0.1) is 5.82 Å². The van der Waals surface area contributed by atoms with Crippen molar-refractivity contribution in [3.63, 3.8) is 0 Å². The van der Waals surface area contributed by atoms with Gasteiger partial charge in [-0.1, -0.05) is 0 Å². The van der Waals surface area contributed by atoms with Crippen molar-refractivity contribution in [3.8, 4) is 0 Å². The Morgan fingerprint density at radius 2 is 2.07 bits per heavy atom. The summed E-state index contributed by atoms with van der Waals surface area (Å²) in [5.41, 5.74) is 1.98. The van der Waals surface area contributed by atoms with Gasteiger partial charge in [-0.2, -0.15) is 0 Å². The first-order chi connectivity index (χ1) is 12.7. The summed E-state index contributed by atoms with van der Waals surface area (Å²) in [4.78, 5) is 27.6. The minimum Gasteiger partial charge on any atom is -0.444 e. The molecule has 1 aromatic carbocycles. The summed E-state index contributed by atoms with van der Waals surface area (Å²) >= 11 is 0. The third-order valence-corrected chi connectivity index (χ3v) is 4.76. The van der Waals surface area contributed by atoms with E-state index in [9.17, 15) is 14.0 Å². The van der Waals surface area contributed by atoms with Crippen LogP contribution in [-0.2, 0) is 9.53 Å². The predicted octanol–water partition coefficient (Wildman–Crippen LogP) is 4.16. The number of carbonyl (C=O) groups excluding carboxylic acids is 2. The molecule has 144 valence electrons. The van der Waals surface area contributed by atoms with E-state index < -0.39 is 11.4 Å². The summed E-state index contributed by atoms with van der Waals surface area (Å²) in [5, 5.41) is 0. The van der Waals surface area contributed by atoms with Gasteiger partial charge in [0.05, 0.1) is 17.3 Å². The Morgan fingerprint density at radius 1 is 1.33 bits per heavy atom. The number of likely N-dealkylation sites (tertiary alicyclic amines) is 1. The molecule has 0 aromatic heterocycles. The van der Waals surface area contributed by atoms with Gasteiger partial charge in [0.1, 0.15) is 17.4 Å². The second-order valence-corrected chi connectivity index (χ2v) is 8.06. The lowest BCUT2D eigenvalue weighted by Crippen LogP contribution is -2.51. The van der Waals surface area contributed by atoms with Crippen molar-refractivity contribution in [1.82, 2.24) is 4.90 Å². The molecular formula is C21H25FN2O3. The number of benzene rings is 1. The van der Waals surface area contributed by atoms with Crippen molar-refractivity contribution < 1.29 is 18.7 Å². The lowest BCUT2D eigenvalue weighted by atomic mass is 9.94. The SMILES string of the molecule is CC1=CC(=C=O)c2cc(F)ccc2N1[C@@H]1CCCN(C(=O)OC(C)(C)C)C1. The van der Waals surface area contributed by atoms with E-state index in [1.807, 2.05) is 33.6 Å². The number of piperidine rings is 1. The van der Waals surface area contributed by atoms with Crippen molar-refractivity contribution in [2.24, 2.45) is 0 Å². The Morgan fingerprint density at radius 3 is 2.74 bits per heavy atom. The quantitative estimate of drug-likeness (QED) is 0.695. The fourth-order valence-corrected chi connectivity index (χ4v) is 3.71. The molecule has 0 aliphatic carbocycles. The number of hydrogen-bond donors (Lipinski definition) is 0. The molecule has 0 saturated carbocycles. The molecule has 0 spiro atoms. The molecule has 0 bridgehead atoms. The third kappa shape index (κ3) is 4.06. The summed E-state index contributed by atoms with van der Waals surface area (Å²) in [6, 6.07) is 4.46. The largest absolute Gasteiger partial charge is 0.444 e. The third-order valence-electron chi connectivity index (χ3n) is 4.76. The van der Waals surface area contributed by atoms with Crippen LogP contribution in [0.2, 0.25) is 0 Å². The maximum Gasteiger partial charge on any atom is 0.410 e. The summed E-state index contributed by atoms with van der Waals surface area (Å²) < 4.78 is 19.3. The highest BCUT2D eigenvalue weighted by molar-refractivity contribution is 6.00. The minimum atomic E-state index is -0.543. The summed E-state index contributed by atoms with van der Waals surface area (Å²) in [6.07, 6.45) is 3.14. The van der Waals surface area contributed by atoms with E-state index in [-0.39, 0.29) is 12.1 Å². The van der Waals surface area contributed by atoms with Crippen LogP contribution >= 0.6 is 0 Å². The average Bonchev–Trinajstić information content (AvgIpc) is 2.60. The standard InChI is InChI=1S/C21H25FN2O3/c1-14-10-15(13-25)18-11-16(22)7-8-19(18)24(14)17-6-5-9-23(12-17)20(26)27-21(2,3)4/h7-8,10-11,17H,5-6,9,12H2,1-4H3/t17-/m1/s1. The number of anilines is 1. The molecule has 6 heteroatoms. The smallest absolute Gasteiger partial charge is 0.410 e. The van der Waals surface area contributed by atoms with Crippen molar-refractivity contribution in [3.05, 3.63) is 41.4 Å². The van der Waals surface area contributed by atoms with Crippen LogP contribution in [0.15, 0.2) is 30.0 Å². The van der Waals surface area contributed by atoms with Crippen molar-refractivity contribution in [1.29, 1.82) is 0 Å². The van der Waals surface area contributed by atoms with Gasteiger partial charge in [0.2, 0.25) is 0 Å². The maximum absolute atomic E-state index is 13.7. The fourth-order valence-electron chi connectivity index (χ4n) is 3.71. The molecule has 1 fully saturated rings. The van der Waals surface area contributed by atoms with Crippen LogP contribution in [-0.4, -0.2) is 41.7 Å². The summed E-state index contributed by atoms with van der Waals surface area (Å²) in [6.45, 7) is 8.62. The zero-order chi connectivity index (χ0) is 19.8. The molecular weight excluding hydrogens is 347 g/mol. The van der Waals surface area contributed by atoms with E-state index in [0.717, 1.165) is 24.2 Å². The van der Waals surface area contributed by atoms with Gasteiger partial charge in [-0.15, -0.1) is 0 Å². The second-order valence-electron chi connectivity index (χ2n) is 8.06. The fraction of sp³-hybridized carbons (Fsp3) is 0.476. The normalized spacial score (nSPS) is 20.0. The number of halogens is 1. The van der Waals surface area contributed by atoms with Gasteiger partial charge in [-0.3, -0.25) is 0 Å². The monoisotopic (exact) mass is 372 g/mol. The van der Waals surface area contributed by atoms with Crippen molar-refractivity contribution in [2.45, 2.75) is 52.2 Å². The molecule has 2 heterocycles. The van der Waals surface area contributed by atoms with E-state index in [2.05, 4.69) is 4.90 Å². The van der Waals surface area contributed by atoms with E-state index in [1.54, 1.807) is 17.0 Å². The Balaban J connectivity index is 1.89. The predicted molar refractivity (Wildman–Crippen MR) is 103 cm³/mol. The van der Waals surface area contributed by atoms with Gasteiger partial charge in [0, 0.05) is 24.4 Å². The minimum absolute atomic E-state index is 0.0277. The van der Waals surface area contributed by atoms with Gasteiger partial charge < -0.3 is 14.5 Å². The van der Waals surface area contributed by atoms with Crippen LogP contribution in [0.5, 0.6) is 0 Å². The maximum atomic E-state index is 13.7. The molecule has 0 unspecified atom stereocenters. The molecule has 0 N–H and O–H groups in total. The zero-order valence-corrected chi connectivity index (χ0v) is 16.2. The molecule has 2 aliphatic rings. The number of hydrogen-bond acceptors (Lipinski definition) is 4. The molecule has 2 aliphatic heterocycles. The number of amides is 1. The summed E-state index contributed by atoms with van der Waals surface area (Å²) in [7, 11) is 0. The van der Waals surface area contributed by atoms with Gasteiger partial charge >= 0.3 is 6.09 Å². The number of fused-ring (bicyclic) bond motifs is 1. The van der Waals surface area contributed by atoms with Gasteiger partial charge in [-0.05, 0) is 64.8 Å². The van der Waals surface area contributed by atoms with E-state index in [1.165, 1.54) is 12.1 Å². The van der Waals surface area contributed by atoms with Crippen molar-refractivity contribution >= 4 is 23.3 Å². The molecule has 1 aromatic rings. The number of carbonyl (C=O) groups is 1. The number of nitrogens with zero attached hydrogens (tertiary/aromatic N) is 2. The number of rotatable bonds is 1. The molecule has 0 radical (unpaired) electrons. The molecule has 1 saturated heterocycles. The van der Waals surface area contributed by atoms with Gasteiger partial charge in [-0.25, -0.2) is 14.0 Å². The highest BCUT2D eigenvalue weighted by Crippen LogP contribution is 2.38. The van der Waals surface area contributed by atoms with Gasteiger partial charge in [0.25, 0.3) is 0 Å². The Labute approximate surface area is 159 Å². The van der Waals surface area contributed by atoms with Crippen LogP contribution < -0.4 is 4.90 Å². The molecule has 5 nitrogen and oxygen atoms in total. The first kappa shape index (κ1) is 19.2. The van der Waals surface area contributed by atoms with E-state index in [4.69, 9.17) is 4.74 Å². The first-order valence-corrected chi connectivity index (χ1v) is 9.20. The Kier molecular flexibility index (Phi) is 5.11. The lowest BCUT2D eigenvalue weighted by molar-refractivity contribution is 0.0199. The highest BCUT2D eigenvalue weighted by Gasteiger charge is 2.34. The first-order valence-electron chi connectivity index (χ1n) is 9.20. The lowest BCUT2D eigenvalue weighted by Gasteiger charge is -2.43. The van der Waals surface area contributed by atoms with E-state index in [0.29, 0.717) is 24.2 Å². The molecule has 3 rings (SSSR count). The topological polar surface area (TPSA) is 49.9 Å². The van der Waals surface area contributed by atoms with Crippen LogP contribution in [0.3, 0.4) is 0 Å². The van der Waals surface area contributed by atoms with Crippen LogP contribution in [0.25, 0.3) is 5.57 Å². The molecule has 27 heavy (non-hydrogen) atoms. The van der Waals surface area contributed by atoms with Crippen LogP contribution in [0.4, 0.5) is 14.9 Å². The highest BCUT2D eigenvalue weighted by atomic mass is 19.1.